The van der Waals surface area contributed by atoms with Crippen LogP contribution in [0.1, 0.15) is 24.3 Å². The van der Waals surface area contributed by atoms with Gasteiger partial charge in [0.2, 0.25) is 11.8 Å². The normalized spacial score (nSPS) is 11.7. The second kappa shape index (κ2) is 6.81. The van der Waals surface area contributed by atoms with Gasteiger partial charge in [-0.25, -0.2) is 0 Å². The van der Waals surface area contributed by atoms with Crippen LogP contribution < -0.4 is 10.6 Å². The number of nitrogens with one attached hydrogen (secondary N) is 2. The third-order valence-corrected chi connectivity index (χ3v) is 3.60. The molecule has 2 aromatic rings. The van der Waals surface area contributed by atoms with E-state index in [1.54, 1.807) is 24.5 Å². The highest BCUT2D eigenvalue weighted by atomic mass is 32.1. The van der Waals surface area contributed by atoms with Crippen LogP contribution in [0.15, 0.2) is 42.0 Å². The molecular formula is C14H15N3O2S. The molecule has 0 bridgehead atoms. The van der Waals surface area contributed by atoms with Gasteiger partial charge < -0.3 is 10.6 Å². The van der Waals surface area contributed by atoms with Gasteiger partial charge in [-0.3, -0.25) is 14.6 Å². The topological polar surface area (TPSA) is 71.1 Å². The molecule has 0 fully saturated rings. The minimum Gasteiger partial charge on any atom is -0.348 e. The van der Waals surface area contributed by atoms with Crippen LogP contribution in [-0.4, -0.2) is 16.8 Å². The van der Waals surface area contributed by atoms with Crippen molar-refractivity contribution in [3.63, 3.8) is 0 Å². The number of nitrogens with zero attached hydrogens (tertiary/aromatic N) is 1. The van der Waals surface area contributed by atoms with Gasteiger partial charge in [-0.15, -0.1) is 11.3 Å². The predicted octanol–water partition coefficient (Wildman–Crippen LogP) is 2.35. The number of carbonyl (C=O) groups is 2. The summed E-state index contributed by atoms with van der Waals surface area (Å²) in [7, 11) is 0. The highest BCUT2D eigenvalue weighted by Crippen LogP contribution is 2.22. The van der Waals surface area contributed by atoms with Gasteiger partial charge in [-0.1, -0.05) is 6.07 Å². The van der Waals surface area contributed by atoms with Crippen molar-refractivity contribution >= 4 is 28.8 Å². The Balaban J connectivity index is 2.00. The minimum absolute atomic E-state index is 0.150. The molecule has 5 nitrogen and oxygen atoms in total. The highest BCUT2D eigenvalue weighted by molar-refractivity contribution is 7.10. The molecule has 20 heavy (non-hydrogen) atoms. The molecule has 2 aromatic heterocycles. The second-order valence-corrected chi connectivity index (χ2v) is 5.24. The predicted molar refractivity (Wildman–Crippen MR) is 78.4 cm³/mol. The van der Waals surface area contributed by atoms with Crippen molar-refractivity contribution in [3.05, 3.63) is 46.9 Å². The van der Waals surface area contributed by atoms with Gasteiger partial charge >= 0.3 is 0 Å². The molecule has 2 N–H and O–H groups in total. The van der Waals surface area contributed by atoms with E-state index >= 15 is 0 Å². The Bertz CT molecular complexity index is 569. The first kappa shape index (κ1) is 14.2. The molecule has 1 atom stereocenters. The maximum absolute atomic E-state index is 12.0. The average Bonchev–Trinajstić information content (AvgIpc) is 2.92. The standard InChI is InChI=1S/C14H15N3O2S/c1-10(18)16-12(13-3-2-8-20-13)9-14(19)17-11-4-6-15-7-5-11/h2-8,12H,9H2,1H3,(H,16,18)(H,15,17,19)/t12-/m0/s1. The lowest BCUT2D eigenvalue weighted by molar-refractivity contribution is -0.120. The molecule has 2 amide bonds. The summed E-state index contributed by atoms with van der Waals surface area (Å²) in [4.78, 5) is 28.1. The van der Waals surface area contributed by atoms with Gasteiger partial charge in [0.1, 0.15) is 0 Å². The Morgan fingerprint density at radius 2 is 2.05 bits per heavy atom. The fourth-order valence-corrected chi connectivity index (χ4v) is 2.57. The second-order valence-electron chi connectivity index (χ2n) is 4.26. The highest BCUT2D eigenvalue weighted by Gasteiger charge is 2.18. The number of rotatable bonds is 5. The average molecular weight is 289 g/mol. The number of amides is 2. The largest absolute Gasteiger partial charge is 0.348 e. The summed E-state index contributed by atoms with van der Waals surface area (Å²) in [6.07, 6.45) is 3.42. The number of hydrogen-bond acceptors (Lipinski definition) is 4. The summed E-state index contributed by atoms with van der Waals surface area (Å²) >= 11 is 1.52. The number of carbonyl (C=O) groups excluding carboxylic acids is 2. The van der Waals surface area contributed by atoms with Crippen molar-refractivity contribution in [2.45, 2.75) is 19.4 Å². The summed E-state index contributed by atoms with van der Waals surface area (Å²) in [5.41, 5.74) is 0.692. The lowest BCUT2D eigenvalue weighted by atomic mass is 10.1. The Hall–Kier alpha value is -2.21. The van der Waals surface area contributed by atoms with Gasteiger partial charge in [0.15, 0.2) is 0 Å². The molecule has 0 aliphatic rings. The molecule has 0 aliphatic carbocycles. The van der Waals surface area contributed by atoms with E-state index in [1.165, 1.54) is 18.3 Å². The first-order valence-corrected chi connectivity index (χ1v) is 7.03. The fraction of sp³-hybridized carbons (Fsp3) is 0.214. The molecule has 2 heterocycles. The molecule has 6 heteroatoms. The molecule has 0 spiro atoms. The van der Waals surface area contributed by atoms with Crippen LogP contribution in [0.5, 0.6) is 0 Å². The minimum atomic E-state index is -0.297. The molecule has 0 aromatic carbocycles. The Morgan fingerprint density at radius 1 is 1.30 bits per heavy atom. The molecule has 0 aliphatic heterocycles. The van der Waals surface area contributed by atoms with Crippen molar-refractivity contribution in [2.24, 2.45) is 0 Å². The Labute approximate surface area is 121 Å². The van der Waals surface area contributed by atoms with Crippen LogP contribution in [0.4, 0.5) is 5.69 Å². The molecule has 2 rings (SSSR count). The van der Waals surface area contributed by atoms with Crippen LogP contribution in [0, 0.1) is 0 Å². The van der Waals surface area contributed by atoms with Gasteiger partial charge in [0, 0.05) is 29.9 Å². The van der Waals surface area contributed by atoms with Crippen LogP contribution in [-0.2, 0) is 9.59 Å². The van der Waals surface area contributed by atoms with Crippen LogP contribution >= 0.6 is 11.3 Å². The molecular weight excluding hydrogens is 274 g/mol. The monoisotopic (exact) mass is 289 g/mol. The van der Waals surface area contributed by atoms with E-state index < -0.39 is 0 Å². The first-order valence-electron chi connectivity index (χ1n) is 6.15. The summed E-state index contributed by atoms with van der Waals surface area (Å²) < 4.78 is 0. The van der Waals surface area contributed by atoms with E-state index in [0.717, 1.165) is 4.88 Å². The van der Waals surface area contributed by atoms with E-state index in [4.69, 9.17) is 0 Å². The lowest BCUT2D eigenvalue weighted by Crippen LogP contribution is -2.29. The van der Waals surface area contributed by atoms with Crippen molar-refractivity contribution in [3.8, 4) is 0 Å². The third-order valence-electron chi connectivity index (χ3n) is 2.62. The number of anilines is 1. The Kier molecular flexibility index (Phi) is 4.84. The van der Waals surface area contributed by atoms with Gasteiger partial charge in [0.05, 0.1) is 12.5 Å². The van der Waals surface area contributed by atoms with Crippen molar-refractivity contribution in [2.75, 3.05) is 5.32 Å². The molecule has 0 unspecified atom stereocenters. The van der Waals surface area contributed by atoms with Gasteiger partial charge in [0.25, 0.3) is 0 Å². The summed E-state index contributed by atoms with van der Waals surface area (Å²) in [5, 5.41) is 7.50. The van der Waals surface area contributed by atoms with Gasteiger partial charge in [-0.05, 0) is 23.6 Å². The van der Waals surface area contributed by atoms with E-state index in [-0.39, 0.29) is 24.3 Å². The van der Waals surface area contributed by atoms with Crippen LogP contribution in [0.25, 0.3) is 0 Å². The first-order chi connectivity index (χ1) is 9.65. The van der Waals surface area contributed by atoms with Crippen LogP contribution in [0.3, 0.4) is 0 Å². The zero-order valence-corrected chi connectivity index (χ0v) is 11.8. The summed E-state index contributed by atoms with van der Waals surface area (Å²) in [5.74, 6) is -0.302. The zero-order chi connectivity index (χ0) is 14.4. The lowest BCUT2D eigenvalue weighted by Gasteiger charge is -2.16. The molecule has 104 valence electrons. The Morgan fingerprint density at radius 3 is 2.65 bits per heavy atom. The molecule has 0 saturated carbocycles. The number of pyridine rings is 1. The fourth-order valence-electron chi connectivity index (χ4n) is 1.79. The molecule has 0 radical (unpaired) electrons. The smallest absolute Gasteiger partial charge is 0.226 e. The summed E-state index contributed by atoms with van der Waals surface area (Å²) in [6.45, 7) is 1.45. The van der Waals surface area contributed by atoms with Crippen molar-refractivity contribution < 1.29 is 9.59 Å². The summed E-state index contributed by atoms with van der Waals surface area (Å²) in [6, 6.07) is 6.95. The van der Waals surface area contributed by atoms with Gasteiger partial charge in [-0.2, -0.15) is 0 Å². The SMILES string of the molecule is CC(=O)N[C@@H](CC(=O)Nc1ccncc1)c1cccs1. The number of hydrogen-bond donors (Lipinski definition) is 2. The van der Waals surface area contributed by atoms with E-state index in [9.17, 15) is 9.59 Å². The maximum atomic E-state index is 12.0. The zero-order valence-electron chi connectivity index (χ0n) is 11.0. The maximum Gasteiger partial charge on any atom is 0.226 e. The van der Waals surface area contributed by atoms with E-state index in [1.807, 2.05) is 17.5 Å². The van der Waals surface area contributed by atoms with E-state index in [2.05, 4.69) is 15.6 Å². The number of thiophene rings is 1. The number of aromatic nitrogens is 1. The quantitative estimate of drug-likeness (QED) is 0.887. The van der Waals surface area contributed by atoms with Crippen LogP contribution in [0.2, 0.25) is 0 Å². The van der Waals surface area contributed by atoms with Crippen molar-refractivity contribution in [1.82, 2.24) is 10.3 Å². The third kappa shape index (κ3) is 4.17. The molecule has 0 saturated heterocycles. The van der Waals surface area contributed by atoms with E-state index in [0.29, 0.717) is 5.69 Å². The van der Waals surface area contributed by atoms with Crippen molar-refractivity contribution in [1.29, 1.82) is 0 Å².